The standard InChI is InChI=1S/C33H33N3O4S/c1-4-5-16-30-35-27-19-17-25(34-32(41(3,39)40)24-14-10-7-11-15-24)21-29(27)36(30)28-20-18-26(23-12-8-6-9-13-23)31(22(28)2)33(37)38/h6-15,17-21,32,34H,4-5,16H2,1-3H3,(H,37,38). The van der Waals surface area contributed by atoms with Crippen LogP contribution in [0.2, 0.25) is 0 Å². The molecule has 0 radical (unpaired) electrons. The van der Waals surface area contributed by atoms with E-state index in [1.807, 2.05) is 90.4 Å². The van der Waals surface area contributed by atoms with Crippen LogP contribution in [0.1, 0.15) is 52.4 Å². The van der Waals surface area contributed by atoms with E-state index in [1.165, 1.54) is 6.26 Å². The highest BCUT2D eigenvalue weighted by Crippen LogP contribution is 2.34. The van der Waals surface area contributed by atoms with Gasteiger partial charge in [-0.2, -0.15) is 0 Å². The summed E-state index contributed by atoms with van der Waals surface area (Å²) in [6.07, 6.45) is 3.83. The van der Waals surface area contributed by atoms with Crippen LogP contribution in [0.15, 0.2) is 91.0 Å². The van der Waals surface area contributed by atoms with E-state index >= 15 is 0 Å². The number of fused-ring (bicyclic) bond motifs is 1. The van der Waals surface area contributed by atoms with Gasteiger partial charge in [0.25, 0.3) is 0 Å². The van der Waals surface area contributed by atoms with Crippen LogP contribution in [0.3, 0.4) is 0 Å². The Morgan fingerprint density at radius 1 is 0.976 bits per heavy atom. The van der Waals surface area contributed by atoms with Crippen LogP contribution >= 0.6 is 0 Å². The number of aromatic carboxylic acids is 1. The number of hydrogen-bond acceptors (Lipinski definition) is 5. The average Bonchev–Trinajstić information content (AvgIpc) is 3.32. The van der Waals surface area contributed by atoms with Crippen LogP contribution in [0.25, 0.3) is 27.8 Å². The van der Waals surface area contributed by atoms with Gasteiger partial charge in [-0.1, -0.05) is 80.1 Å². The van der Waals surface area contributed by atoms with Crippen molar-refractivity contribution in [1.29, 1.82) is 0 Å². The Balaban J connectivity index is 1.68. The van der Waals surface area contributed by atoms with Crippen molar-refractivity contribution in [2.24, 2.45) is 0 Å². The number of rotatable bonds is 10. The molecule has 0 saturated carbocycles. The molecule has 1 heterocycles. The van der Waals surface area contributed by atoms with Crippen LogP contribution < -0.4 is 5.32 Å². The highest BCUT2D eigenvalue weighted by molar-refractivity contribution is 7.91. The number of nitrogens with one attached hydrogen (secondary N) is 1. The van der Waals surface area contributed by atoms with E-state index in [2.05, 4.69) is 12.2 Å². The van der Waals surface area contributed by atoms with Gasteiger partial charge in [0, 0.05) is 18.4 Å². The number of carboxylic acids is 1. The van der Waals surface area contributed by atoms with E-state index in [-0.39, 0.29) is 5.56 Å². The topological polar surface area (TPSA) is 101 Å². The molecular formula is C33H33N3O4S. The van der Waals surface area contributed by atoms with Gasteiger partial charge in [0.05, 0.1) is 22.3 Å². The molecule has 7 nitrogen and oxygen atoms in total. The molecule has 0 spiro atoms. The number of imidazole rings is 1. The van der Waals surface area contributed by atoms with E-state index < -0.39 is 21.2 Å². The zero-order chi connectivity index (χ0) is 29.1. The summed E-state index contributed by atoms with van der Waals surface area (Å²) in [6, 6.07) is 28.0. The molecule has 0 fully saturated rings. The molecule has 4 aromatic carbocycles. The van der Waals surface area contributed by atoms with Gasteiger partial charge < -0.3 is 10.4 Å². The van der Waals surface area contributed by atoms with Crippen molar-refractivity contribution in [3.63, 3.8) is 0 Å². The molecule has 8 heteroatoms. The van der Waals surface area contributed by atoms with Gasteiger partial charge in [0.2, 0.25) is 0 Å². The molecule has 0 saturated heterocycles. The normalized spacial score (nSPS) is 12.4. The summed E-state index contributed by atoms with van der Waals surface area (Å²) < 4.78 is 27.6. The molecule has 5 aromatic rings. The summed E-state index contributed by atoms with van der Waals surface area (Å²) in [5.74, 6) is -0.169. The number of sulfone groups is 1. The lowest BCUT2D eigenvalue weighted by Crippen LogP contribution is -2.20. The van der Waals surface area contributed by atoms with Gasteiger partial charge in [-0.25, -0.2) is 18.2 Å². The Morgan fingerprint density at radius 3 is 2.29 bits per heavy atom. The Bertz CT molecular complexity index is 1810. The second-order valence-corrected chi connectivity index (χ2v) is 12.4. The Kier molecular flexibility index (Phi) is 7.94. The first-order chi connectivity index (χ1) is 19.7. The van der Waals surface area contributed by atoms with E-state index in [0.29, 0.717) is 28.8 Å². The largest absolute Gasteiger partial charge is 0.478 e. The van der Waals surface area contributed by atoms with E-state index in [9.17, 15) is 18.3 Å². The number of aryl methyl sites for hydroxylation is 1. The Hall–Kier alpha value is -4.43. The zero-order valence-corrected chi connectivity index (χ0v) is 24.2. The molecule has 1 unspecified atom stereocenters. The molecule has 5 rings (SSSR count). The third-order valence-corrected chi connectivity index (χ3v) is 8.53. The van der Waals surface area contributed by atoms with Crippen LogP contribution in [0.5, 0.6) is 0 Å². The molecule has 0 aliphatic rings. The number of aromatic nitrogens is 2. The van der Waals surface area contributed by atoms with Crippen molar-refractivity contribution in [2.75, 3.05) is 11.6 Å². The maximum absolute atomic E-state index is 12.8. The first-order valence-corrected chi connectivity index (χ1v) is 15.6. The lowest BCUT2D eigenvalue weighted by atomic mass is 9.94. The smallest absolute Gasteiger partial charge is 0.336 e. The first kappa shape index (κ1) is 28.1. The number of nitrogens with zero attached hydrogens (tertiary/aromatic N) is 2. The highest BCUT2D eigenvalue weighted by Gasteiger charge is 2.24. The summed E-state index contributed by atoms with van der Waals surface area (Å²) in [4.78, 5) is 17.5. The summed E-state index contributed by atoms with van der Waals surface area (Å²) in [5, 5.41) is 12.6. The van der Waals surface area contributed by atoms with Gasteiger partial charge in [-0.3, -0.25) is 4.57 Å². The van der Waals surface area contributed by atoms with Gasteiger partial charge in [-0.05, 0) is 59.9 Å². The molecule has 0 bridgehead atoms. The number of anilines is 1. The Labute approximate surface area is 240 Å². The maximum Gasteiger partial charge on any atom is 0.336 e. The summed E-state index contributed by atoms with van der Waals surface area (Å²) in [7, 11) is -3.49. The lowest BCUT2D eigenvalue weighted by molar-refractivity contribution is 0.0697. The van der Waals surface area contributed by atoms with Crippen molar-refractivity contribution in [3.8, 4) is 16.8 Å². The van der Waals surface area contributed by atoms with Crippen LogP contribution in [-0.2, 0) is 16.3 Å². The number of unbranched alkanes of at least 4 members (excludes halogenated alkanes) is 1. The second kappa shape index (κ2) is 11.6. The molecule has 0 amide bonds. The fraction of sp³-hybridized carbons (Fsp3) is 0.212. The molecule has 0 aliphatic carbocycles. The minimum absolute atomic E-state index is 0.243. The zero-order valence-electron chi connectivity index (χ0n) is 23.3. The summed E-state index contributed by atoms with van der Waals surface area (Å²) in [6.45, 7) is 3.95. The second-order valence-electron chi connectivity index (χ2n) is 10.2. The minimum atomic E-state index is -3.49. The number of hydrogen-bond donors (Lipinski definition) is 2. The predicted octanol–water partition coefficient (Wildman–Crippen LogP) is 7.20. The van der Waals surface area contributed by atoms with Crippen molar-refractivity contribution >= 4 is 32.5 Å². The van der Waals surface area contributed by atoms with Gasteiger partial charge in [-0.15, -0.1) is 0 Å². The maximum atomic E-state index is 12.8. The molecule has 41 heavy (non-hydrogen) atoms. The summed E-state index contributed by atoms with van der Waals surface area (Å²) in [5.41, 5.74) is 5.88. The third-order valence-electron chi connectivity index (χ3n) is 7.28. The number of benzene rings is 4. The van der Waals surface area contributed by atoms with Crippen molar-refractivity contribution in [3.05, 3.63) is 114 Å². The van der Waals surface area contributed by atoms with Gasteiger partial charge in [0.15, 0.2) is 15.2 Å². The average molecular weight is 568 g/mol. The SMILES string of the molecule is CCCCc1nc2ccc(NC(c3ccccc3)S(C)(=O)=O)cc2n1-c1ccc(-c2ccccc2)c(C(=O)O)c1C. The van der Waals surface area contributed by atoms with Gasteiger partial charge >= 0.3 is 5.97 Å². The fourth-order valence-electron chi connectivity index (χ4n) is 5.28. The minimum Gasteiger partial charge on any atom is -0.478 e. The third kappa shape index (κ3) is 5.74. The quantitative estimate of drug-likeness (QED) is 0.185. The first-order valence-electron chi connectivity index (χ1n) is 13.6. The number of carbonyl (C=O) groups is 1. The summed E-state index contributed by atoms with van der Waals surface area (Å²) >= 11 is 0. The lowest BCUT2D eigenvalue weighted by Gasteiger charge is -2.20. The molecule has 0 aliphatic heterocycles. The molecule has 1 atom stereocenters. The van der Waals surface area contributed by atoms with Crippen LogP contribution in [0, 0.1) is 6.92 Å². The monoisotopic (exact) mass is 567 g/mol. The molecule has 1 aromatic heterocycles. The van der Waals surface area contributed by atoms with Crippen molar-refractivity contribution in [2.45, 2.75) is 38.5 Å². The van der Waals surface area contributed by atoms with Crippen molar-refractivity contribution in [1.82, 2.24) is 9.55 Å². The molecule has 210 valence electrons. The Morgan fingerprint density at radius 2 is 1.66 bits per heavy atom. The van der Waals surface area contributed by atoms with E-state index in [4.69, 9.17) is 4.98 Å². The molecular weight excluding hydrogens is 534 g/mol. The predicted molar refractivity (Wildman–Crippen MR) is 164 cm³/mol. The molecule has 2 N–H and O–H groups in total. The van der Waals surface area contributed by atoms with Crippen molar-refractivity contribution < 1.29 is 18.3 Å². The van der Waals surface area contributed by atoms with Crippen LogP contribution in [-0.4, -0.2) is 35.3 Å². The van der Waals surface area contributed by atoms with E-state index in [1.54, 1.807) is 12.1 Å². The number of carboxylic acid groups (broad SMARTS) is 1. The van der Waals surface area contributed by atoms with E-state index in [0.717, 1.165) is 41.0 Å². The fourth-order valence-corrected chi connectivity index (χ4v) is 6.28. The van der Waals surface area contributed by atoms with Crippen LogP contribution in [0.4, 0.5) is 5.69 Å². The van der Waals surface area contributed by atoms with Gasteiger partial charge in [0.1, 0.15) is 5.82 Å². The highest BCUT2D eigenvalue weighted by atomic mass is 32.2.